The Morgan fingerprint density at radius 1 is 1.78 bits per heavy atom. The summed E-state index contributed by atoms with van der Waals surface area (Å²) in [4.78, 5) is 0. The molecule has 0 aliphatic carbocycles. The van der Waals surface area contributed by atoms with Crippen molar-refractivity contribution in [2.75, 3.05) is 0 Å². The Labute approximate surface area is 68.3 Å². The van der Waals surface area contributed by atoms with Gasteiger partial charge < -0.3 is 11.1 Å². The van der Waals surface area contributed by atoms with Crippen molar-refractivity contribution in [3.8, 4) is 0 Å². The zero-order chi connectivity index (χ0) is 6.85. The van der Waals surface area contributed by atoms with Crippen molar-refractivity contribution < 1.29 is 0 Å². The second-order valence-electron chi connectivity index (χ2n) is 2.01. The number of dihydropyridines is 1. The SMILES string of the molecule is CC1=C(I)C(N)NC=C1. The van der Waals surface area contributed by atoms with Crippen LogP contribution in [0.5, 0.6) is 0 Å². The van der Waals surface area contributed by atoms with Crippen molar-refractivity contribution in [3.05, 3.63) is 21.4 Å². The highest BCUT2D eigenvalue weighted by Gasteiger charge is 2.08. The quantitative estimate of drug-likeness (QED) is 0.618. The second-order valence-corrected chi connectivity index (χ2v) is 3.17. The van der Waals surface area contributed by atoms with E-state index in [4.69, 9.17) is 5.73 Å². The van der Waals surface area contributed by atoms with E-state index in [1.54, 1.807) is 0 Å². The normalized spacial score (nSPS) is 26.3. The van der Waals surface area contributed by atoms with E-state index in [1.165, 1.54) is 9.15 Å². The average Bonchev–Trinajstić information content (AvgIpc) is 1.83. The summed E-state index contributed by atoms with van der Waals surface area (Å²) in [5, 5.41) is 2.99. The molecule has 0 aromatic carbocycles. The van der Waals surface area contributed by atoms with E-state index in [0.29, 0.717) is 0 Å². The average molecular weight is 236 g/mol. The first-order valence-corrected chi connectivity index (χ1v) is 3.84. The monoisotopic (exact) mass is 236 g/mol. The molecule has 0 bridgehead atoms. The van der Waals surface area contributed by atoms with E-state index < -0.39 is 0 Å². The van der Waals surface area contributed by atoms with Crippen molar-refractivity contribution in [1.29, 1.82) is 0 Å². The van der Waals surface area contributed by atoms with Gasteiger partial charge in [0.05, 0.1) is 0 Å². The molecule has 9 heavy (non-hydrogen) atoms. The molecule has 0 aromatic rings. The molecule has 1 aliphatic rings. The van der Waals surface area contributed by atoms with Crippen LogP contribution in [0.2, 0.25) is 0 Å². The maximum Gasteiger partial charge on any atom is 0.106 e. The van der Waals surface area contributed by atoms with Gasteiger partial charge in [-0.1, -0.05) is 0 Å². The van der Waals surface area contributed by atoms with E-state index >= 15 is 0 Å². The number of nitrogens with one attached hydrogen (secondary N) is 1. The lowest BCUT2D eigenvalue weighted by Crippen LogP contribution is -2.35. The Hall–Kier alpha value is -0.0300. The summed E-state index contributed by atoms with van der Waals surface area (Å²) in [6, 6.07) is 0. The Kier molecular flexibility index (Phi) is 2.13. The minimum atomic E-state index is 0.00981. The van der Waals surface area contributed by atoms with Gasteiger partial charge in [-0.2, -0.15) is 0 Å². The molecule has 0 saturated carbocycles. The van der Waals surface area contributed by atoms with Crippen LogP contribution in [-0.2, 0) is 0 Å². The fourth-order valence-electron chi connectivity index (χ4n) is 0.675. The molecule has 0 aromatic heterocycles. The molecule has 0 spiro atoms. The topological polar surface area (TPSA) is 38.0 Å². The van der Waals surface area contributed by atoms with Gasteiger partial charge in [0.25, 0.3) is 0 Å². The minimum absolute atomic E-state index is 0.00981. The molecule has 1 atom stereocenters. The van der Waals surface area contributed by atoms with Crippen LogP contribution in [0.15, 0.2) is 21.4 Å². The Bertz CT molecular complexity index is 172. The lowest BCUT2D eigenvalue weighted by Gasteiger charge is -2.16. The smallest absolute Gasteiger partial charge is 0.106 e. The summed E-state index contributed by atoms with van der Waals surface area (Å²) in [5.74, 6) is 0. The van der Waals surface area contributed by atoms with Gasteiger partial charge in [-0.05, 0) is 47.4 Å². The highest BCUT2D eigenvalue weighted by molar-refractivity contribution is 14.1. The summed E-state index contributed by atoms with van der Waals surface area (Å²) in [5.41, 5.74) is 6.89. The molecular formula is C6H9IN2. The van der Waals surface area contributed by atoms with Crippen molar-refractivity contribution in [1.82, 2.24) is 5.32 Å². The minimum Gasteiger partial charge on any atom is -0.372 e. The predicted octanol–water partition coefficient (Wildman–Crippen LogP) is 1.10. The predicted molar refractivity (Wildman–Crippen MR) is 47.0 cm³/mol. The standard InChI is InChI=1S/C6H9IN2/c1-4-2-3-9-6(8)5(4)7/h2-3,6,9H,8H2,1H3. The molecule has 0 amide bonds. The Balaban J connectivity index is 2.83. The number of nitrogens with two attached hydrogens (primary N) is 1. The third-order valence-corrected chi connectivity index (χ3v) is 2.78. The fourth-order valence-corrected chi connectivity index (χ4v) is 1.03. The first-order chi connectivity index (χ1) is 4.22. The van der Waals surface area contributed by atoms with Crippen LogP contribution in [-0.4, -0.2) is 6.17 Å². The molecule has 3 N–H and O–H groups in total. The van der Waals surface area contributed by atoms with Gasteiger partial charge in [-0.3, -0.25) is 0 Å². The van der Waals surface area contributed by atoms with E-state index in [2.05, 4.69) is 34.8 Å². The van der Waals surface area contributed by atoms with Crippen molar-refractivity contribution in [2.24, 2.45) is 5.73 Å². The molecule has 1 rings (SSSR count). The van der Waals surface area contributed by atoms with Gasteiger partial charge in [-0.15, -0.1) is 0 Å². The van der Waals surface area contributed by atoms with Gasteiger partial charge >= 0.3 is 0 Å². The maximum absolute atomic E-state index is 5.64. The van der Waals surface area contributed by atoms with Gasteiger partial charge in [-0.25, -0.2) is 0 Å². The van der Waals surface area contributed by atoms with Crippen LogP contribution < -0.4 is 11.1 Å². The lowest BCUT2D eigenvalue weighted by atomic mass is 10.2. The van der Waals surface area contributed by atoms with Crippen LogP contribution in [0.1, 0.15) is 6.92 Å². The summed E-state index contributed by atoms with van der Waals surface area (Å²) in [7, 11) is 0. The first kappa shape index (κ1) is 7.08. The molecule has 0 fully saturated rings. The molecule has 1 unspecified atom stereocenters. The van der Waals surface area contributed by atoms with Crippen LogP contribution in [0.4, 0.5) is 0 Å². The molecular weight excluding hydrogens is 227 g/mol. The van der Waals surface area contributed by atoms with Crippen LogP contribution in [0.3, 0.4) is 0 Å². The first-order valence-electron chi connectivity index (χ1n) is 2.76. The maximum atomic E-state index is 5.64. The molecule has 3 heteroatoms. The van der Waals surface area contributed by atoms with Crippen LogP contribution in [0.25, 0.3) is 0 Å². The van der Waals surface area contributed by atoms with Gasteiger partial charge in [0, 0.05) is 3.58 Å². The zero-order valence-corrected chi connectivity index (χ0v) is 7.34. The van der Waals surface area contributed by atoms with Crippen LogP contribution in [0, 0.1) is 0 Å². The van der Waals surface area contributed by atoms with E-state index in [9.17, 15) is 0 Å². The highest BCUT2D eigenvalue weighted by Crippen LogP contribution is 2.17. The molecule has 1 heterocycles. The number of rotatable bonds is 0. The zero-order valence-electron chi connectivity index (χ0n) is 5.19. The van der Waals surface area contributed by atoms with Crippen molar-refractivity contribution in [3.63, 3.8) is 0 Å². The molecule has 0 saturated heterocycles. The summed E-state index contributed by atoms with van der Waals surface area (Å²) in [6.45, 7) is 2.05. The second kappa shape index (κ2) is 2.70. The Morgan fingerprint density at radius 3 is 2.89 bits per heavy atom. The number of allylic oxidation sites excluding steroid dienone is 2. The van der Waals surface area contributed by atoms with Gasteiger partial charge in [0.15, 0.2) is 0 Å². The highest BCUT2D eigenvalue weighted by atomic mass is 127. The summed E-state index contributed by atoms with van der Waals surface area (Å²) >= 11 is 2.25. The summed E-state index contributed by atoms with van der Waals surface area (Å²) in [6.07, 6.45) is 3.91. The Morgan fingerprint density at radius 2 is 2.44 bits per heavy atom. The van der Waals surface area contributed by atoms with Gasteiger partial charge in [0.2, 0.25) is 0 Å². The molecule has 0 radical (unpaired) electrons. The molecule has 50 valence electrons. The number of hydrogen-bond acceptors (Lipinski definition) is 2. The van der Waals surface area contributed by atoms with E-state index in [-0.39, 0.29) is 6.17 Å². The number of hydrogen-bond donors (Lipinski definition) is 2. The van der Waals surface area contributed by atoms with E-state index in [1.807, 2.05) is 12.3 Å². The van der Waals surface area contributed by atoms with E-state index in [0.717, 1.165) is 0 Å². The van der Waals surface area contributed by atoms with Crippen molar-refractivity contribution >= 4 is 22.6 Å². The van der Waals surface area contributed by atoms with Crippen LogP contribution >= 0.6 is 22.6 Å². The third kappa shape index (κ3) is 1.46. The summed E-state index contributed by atoms with van der Waals surface area (Å²) < 4.78 is 1.19. The largest absolute Gasteiger partial charge is 0.372 e. The number of halogens is 1. The lowest BCUT2D eigenvalue weighted by molar-refractivity contribution is 0.716. The third-order valence-electron chi connectivity index (χ3n) is 1.26. The van der Waals surface area contributed by atoms with Crippen molar-refractivity contribution in [2.45, 2.75) is 13.1 Å². The fraction of sp³-hybridized carbons (Fsp3) is 0.333. The molecule has 1 aliphatic heterocycles. The molecule has 2 nitrogen and oxygen atoms in total. The van der Waals surface area contributed by atoms with Gasteiger partial charge in [0.1, 0.15) is 6.17 Å².